The Balaban J connectivity index is 0.000000219. The number of hydrogen-bond donors (Lipinski definition) is 1. The molecular weight excluding hydrogens is 260 g/mol. The summed E-state index contributed by atoms with van der Waals surface area (Å²) in [6.45, 7) is 8.57. The van der Waals surface area contributed by atoms with Gasteiger partial charge in [0.05, 0.1) is 5.56 Å². The van der Waals surface area contributed by atoms with Gasteiger partial charge in [-0.3, -0.25) is 0 Å². The molecule has 0 spiro atoms. The van der Waals surface area contributed by atoms with E-state index in [0.29, 0.717) is 17.4 Å². The predicted octanol–water partition coefficient (Wildman–Crippen LogP) is 5.32. The maximum atomic E-state index is 10.5. The van der Waals surface area contributed by atoms with Crippen LogP contribution < -0.4 is 0 Å². The summed E-state index contributed by atoms with van der Waals surface area (Å²) < 4.78 is 0. The van der Waals surface area contributed by atoms with Crippen LogP contribution in [0.25, 0.3) is 0 Å². The average Bonchev–Trinajstić information content (AvgIpc) is 2.49. The number of benzene rings is 2. The molecule has 0 saturated carbocycles. The van der Waals surface area contributed by atoms with E-state index < -0.39 is 5.97 Å². The monoisotopic (exact) mass is 284 g/mol. The van der Waals surface area contributed by atoms with Crippen LogP contribution in [0.4, 0.5) is 0 Å². The summed E-state index contributed by atoms with van der Waals surface area (Å²) >= 11 is 0. The van der Waals surface area contributed by atoms with Crippen LogP contribution in [-0.2, 0) is 0 Å². The average molecular weight is 284 g/mol. The SMILES string of the molecule is CC(C)c1ccc(C(=O)O)cc1.CC(C)c1ccccc1. The van der Waals surface area contributed by atoms with Crippen molar-refractivity contribution in [1.29, 1.82) is 0 Å². The second kappa shape index (κ2) is 8.25. The minimum Gasteiger partial charge on any atom is -0.478 e. The quantitative estimate of drug-likeness (QED) is 0.828. The van der Waals surface area contributed by atoms with Crippen molar-refractivity contribution >= 4 is 5.97 Å². The Kier molecular flexibility index (Phi) is 6.67. The lowest BCUT2D eigenvalue weighted by molar-refractivity contribution is 0.0697. The molecule has 0 bridgehead atoms. The van der Waals surface area contributed by atoms with Gasteiger partial charge in [-0.1, -0.05) is 70.2 Å². The highest BCUT2D eigenvalue weighted by Gasteiger charge is 2.02. The summed E-state index contributed by atoms with van der Waals surface area (Å²) in [7, 11) is 0. The zero-order valence-corrected chi connectivity index (χ0v) is 13.2. The van der Waals surface area contributed by atoms with Crippen LogP contribution in [0.1, 0.15) is 61.0 Å². The van der Waals surface area contributed by atoms with Gasteiger partial charge in [-0.25, -0.2) is 4.79 Å². The van der Waals surface area contributed by atoms with Crippen molar-refractivity contribution in [3.8, 4) is 0 Å². The Hall–Kier alpha value is -2.09. The second-order valence-corrected chi connectivity index (χ2v) is 5.65. The van der Waals surface area contributed by atoms with Gasteiger partial charge in [-0.05, 0) is 35.1 Å². The fourth-order valence-electron chi connectivity index (χ4n) is 1.85. The smallest absolute Gasteiger partial charge is 0.335 e. The zero-order valence-electron chi connectivity index (χ0n) is 13.2. The predicted molar refractivity (Wildman–Crippen MR) is 88.0 cm³/mol. The number of carboxylic acids is 1. The highest BCUT2D eigenvalue weighted by Crippen LogP contribution is 2.14. The lowest BCUT2D eigenvalue weighted by Crippen LogP contribution is -1.96. The summed E-state index contributed by atoms with van der Waals surface area (Å²) in [5.41, 5.74) is 2.93. The van der Waals surface area contributed by atoms with Crippen LogP contribution in [-0.4, -0.2) is 11.1 Å². The molecule has 0 aliphatic carbocycles. The Morgan fingerprint density at radius 3 is 1.52 bits per heavy atom. The van der Waals surface area contributed by atoms with Gasteiger partial charge in [-0.15, -0.1) is 0 Å². The first-order valence-electron chi connectivity index (χ1n) is 7.30. The molecule has 0 amide bonds. The number of hydrogen-bond acceptors (Lipinski definition) is 1. The van der Waals surface area contributed by atoms with Crippen LogP contribution >= 0.6 is 0 Å². The molecule has 0 radical (unpaired) electrons. The minimum absolute atomic E-state index is 0.347. The maximum absolute atomic E-state index is 10.5. The van der Waals surface area contributed by atoms with Gasteiger partial charge in [0.25, 0.3) is 0 Å². The third kappa shape index (κ3) is 5.82. The highest BCUT2D eigenvalue weighted by molar-refractivity contribution is 5.87. The molecule has 0 aliphatic heterocycles. The van der Waals surface area contributed by atoms with Gasteiger partial charge in [0.1, 0.15) is 0 Å². The molecule has 0 atom stereocenters. The first kappa shape index (κ1) is 17.0. The molecule has 112 valence electrons. The van der Waals surface area contributed by atoms with E-state index in [1.165, 1.54) is 11.1 Å². The summed E-state index contributed by atoms with van der Waals surface area (Å²) in [6.07, 6.45) is 0. The number of carbonyl (C=O) groups is 1. The Morgan fingerprint density at radius 2 is 1.19 bits per heavy atom. The molecule has 0 aliphatic rings. The number of carboxylic acid groups (broad SMARTS) is 1. The van der Waals surface area contributed by atoms with E-state index in [2.05, 4.69) is 52.0 Å². The Morgan fingerprint density at radius 1 is 0.762 bits per heavy atom. The molecular formula is C19H24O2. The van der Waals surface area contributed by atoms with Crippen LogP contribution in [0.15, 0.2) is 54.6 Å². The van der Waals surface area contributed by atoms with Gasteiger partial charge in [-0.2, -0.15) is 0 Å². The topological polar surface area (TPSA) is 37.3 Å². The number of aromatic carboxylic acids is 1. The van der Waals surface area contributed by atoms with Crippen LogP contribution in [0.3, 0.4) is 0 Å². The van der Waals surface area contributed by atoms with Crippen molar-refractivity contribution in [2.24, 2.45) is 0 Å². The molecule has 2 aromatic carbocycles. The van der Waals surface area contributed by atoms with Crippen molar-refractivity contribution < 1.29 is 9.90 Å². The first-order chi connectivity index (χ1) is 9.91. The Labute approximate surface area is 127 Å². The zero-order chi connectivity index (χ0) is 15.8. The van der Waals surface area contributed by atoms with Crippen molar-refractivity contribution in [3.05, 3.63) is 71.3 Å². The molecule has 1 N–H and O–H groups in total. The minimum atomic E-state index is -0.870. The van der Waals surface area contributed by atoms with E-state index in [1.54, 1.807) is 12.1 Å². The molecule has 0 heterocycles. The third-order valence-electron chi connectivity index (χ3n) is 3.29. The fourth-order valence-corrected chi connectivity index (χ4v) is 1.85. The van der Waals surface area contributed by atoms with Gasteiger partial charge in [0, 0.05) is 0 Å². The molecule has 0 aromatic heterocycles. The normalized spacial score (nSPS) is 10.2. The highest BCUT2D eigenvalue weighted by atomic mass is 16.4. The second-order valence-electron chi connectivity index (χ2n) is 5.65. The van der Waals surface area contributed by atoms with Gasteiger partial charge >= 0.3 is 5.97 Å². The summed E-state index contributed by atoms with van der Waals surface area (Å²) in [5.74, 6) is 0.240. The molecule has 2 nitrogen and oxygen atoms in total. The lowest BCUT2D eigenvalue weighted by atomic mass is 10.0. The van der Waals surface area contributed by atoms with Crippen molar-refractivity contribution in [2.45, 2.75) is 39.5 Å². The molecule has 2 rings (SSSR count). The summed E-state index contributed by atoms with van der Waals surface area (Å²) in [4.78, 5) is 10.5. The Bertz CT molecular complexity index is 540. The van der Waals surface area contributed by atoms with Crippen LogP contribution in [0.5, 0.6) is 0 Å². The molecule has 21 heavy (non-hydrogen) atoms. The molecule has 2 heteroatoms. The molecule has 2 aromatic rings. The fraction of sp³-hybridized carbons (Fsp3) is 0.316. The van der Waals surface area contributed by atoms with Gasteiger partial charge in [0.2, 0.25) is 0 Å². The van der Waals surface area contributed by atoms with Gasteiger partial charge < -0.3 is 5.11 Å². The molecule has 0 saturated heterocycles. The van der Waals surface area contributed by atoms with E-state index in [4.69, 9.17) is 5.11 Å². The van der Waals surface area contributed by atoms with Crippen molar-refractivity contribution in [1.82, 2.24) is 0 Å². The maximum Gasteiger partial charge on any atom is 0.335 e. The van der Waals surface area contributed by atoms with Crippen molar-refractivity contribution in [2.75, 3.05) is 0 Å². The van der Waals surface area contributed by atoms with E-state index in [0.717, 1.165) is 0 Å². The molecule has 0 fully saturated rings. The van der Waals surface area contributed by atoms with Crippen LogP contribution in [0, 0.1) is 0 Å². The van der Waals surface area contributed by atoms with E-state index >= 15 is 0 Å². The molecule has 0 unspecified atom stereocenters. The number of rotatable bonds is 3. The largest absolute Gasteiger partial charge is 0.478 e. The summed E-state index contributed by atoms with van der Waals surface area (Å²) in [6, 6.07) is 17.5. The van der Waals surface area contributed by atoms with Crippen molar-refractivity contribution in [3.63, 3.8) is 0 Å². The van der Waals surface area contributed by atoms with E-state index in [-0.39, 0.29) is 0 Å². The van der Waals surface area contributed by atoms with E-state index in [1.807, 2.05) is 18.2 Å². The van der Waals surface area contributed by atoms with Crippen LogP contribution in [0.2, 0.25) is 0 Å². The lowest BCUT2D eigenvalue weighted by Gasteiger charge is -2.04. The van der Waals surface area contributed by atoms with E-state index in [9.17, 15) is 4.79 Å². The summed E-state index contributed by atoms with van der Waals surface area (Å²) in [5, 5.41) is 8.61. The standard InChI is InChI=1S/C10H12O2.C9H12/c1-7(2)8-3-5-9(6-4-8)10(11)12;1-8(2)9-6-4-3-5-7-9/h3-7H,1-2H3,(H,11,12);3-8H,1-2H3. The third-order valence-corrected chi connectivity index (χ3v) is 3.29. The first-order valence-corrected chi connectivity index (χ1v) is 7.30. The van der Waals surface area contributed by atoms with Gasteiger partial charge in [0.15, 0.2) is 0 Å².